The fraction of sp³-hybridized carbons (Fsp3) is 0.500. The van der Waals surface area contributed by atoms with Gasteiger partial charge in [0.15, 0.2) is 0 Å². The first kappa shape index (κ1) is 9.53. The lowest BCUT2D eigenvalue weighted by Crippen LogP contribution is -2.02. The highest BCUT2D eigenvalue weighted by Gasteiger charge is 2.38. The maximum absolute atomic E-state index is 5.65. The van der Waals surface area contributed by atoms with Crippen LogP contribution in [0.5, 0.6) is 5.75 Å². The van der Waals surface area contributed by atoms with Gasteiger partial charge < -0.3 is 10.5 Å². The van der Waals surface area contributed by atoms with Crippen molar-refractivity contribution < 1.29 is 4.74 Å². The topological polar surface area (TPSA) is 35.2 Å². The predicted molar refractivity (Wildman–Crippen MR) is 57.6 cm³/mol. The van der Waals surface area contributed by atoms with Crippen molar-refractivity contribution in [1.29, 1.82) is 0 Å². The summed E-state index contributed by atoms with van der Waals surface area (Å²) in [7, 11) is 1.74. The standard InChI is InChI=1S/C12H17NO/c1-8-4-3-5-10(12(8)14-2)11-6-9(11)7-13/h3-5,9,11H,6-7,13H2,1-2H3. The highest BCUT2D eigenvalue weighted by atomic mass is 16.5. The Bertz CT molecular complexity index is 335. The maximum atomic E-state index is 5.65. The van der Waals surface area contributed by atoms with Gasteiger partial charge in [-0.15, -0.1) is 0 Å². The Kier molecular flexibility index (Phi) is 2.46. The van der Waals surface area contributed by atoms with Gasteiger partial charge in [0.1, 0.15) is 5.75 Å². The molecular weight excluding hydrogens is 174 g/mol. The van der Waals surface area contributed by atoms with Gasteiger partial charge in [0, 0.05) is 0 Å². The molecule has 0 radical (unpaired) electrons. The van der Waals surface area contributed by atoms with Gasteiger partial charge in [0.25, 0.3) is 0 Å². The molecule has 1 saturated carbocycles. The van der Waals surface area contributed by atoms with Crippen molar-refractivity contribution in [1.82, 2.24) is 0 Å². The molecule has 1 fully saturated rings. The van der Waals surface area contributed by atoms with Gasteiger partial charge in [-0.3, -0.25) is 0 Å². The van der Waals surface area contributed by atoms with Crippen LogP contribution in [0.2, 0.25) is 0 Å². The maximum Gasteiger partial charge on any atom is 0.125 e. The van der Waals surface area contributed by atoms with Gasteiger partial charge in [0.05, 0.1) is 7.11 Å². The van der Waals surface area contributed by atoms with E-state index >= 15 is 0 Å². The molecule has 0 heterocycles. The van der Waals surface area contributed by atoms with Gasteiger partial charge in [-0.25, -0.2) is 0 Å². The number of nitrogens with two attached hydrogens (primary N) is 1. The van der Waals surface area contributed by atoms with E-state index < -0.39 is 0 Å². The van der Waals surface area contributed by atoms with E-state index in [0.29, 0.717) is 11.8 Å². The molecule has 2 unspecified atom stereocenters. The van der Waals surface area contributed by atoms with E-state index in [1.165, 1.54) is 17.5 Å². The summed E-state index contributed by atoms with van der Waals surface area (Å²) in [6, 6.07) is 6.34. The van der Waals surface area contributed by atoms with Gasteiger partial charge in [-0.1, -0.05) is 18.2 Å². The summed E-state index contributed by atoms with van der Waals surface area (Å²) in [6.45, 7) is 2.88. The van der Waals surface area contributed by atoms with E-state index in [4.69, 9.17) is 10.5 Å². The van der Waals surface area contributed by atoms with E-state index in [2.05, 4.69) is 25.1 Å². The van der Waals surface area contributed by atoms with E-state index in [1.807, 2.05) is 0 Å². The number of aryl methyl sites for hydroxylation is 1. The SMILES string of the molecule is COc1c(C)cccc1C1CC1CN. The minimum Gasteiger partial charge on any atom is -0.496 e. The first-order valence-corrected chi connectivity index (χ1v) is 5.11. The van der Waals surface area contributed by atoms with Gasteiger partial charge in [-0.2, -0.15) is 0 Å². The highest BCUT2D eigenvalue weighted by molar-refractivity contribution is 5.45. The number of hydrogen-bond acceptors (Lipinski definition) is 2. The third-order valence-electron chi connectivity index (χ3n) is 3.07. The zero-order chi connectivity index (χ0) is 10.1. The number of para-hydroxylation sites is 1. The van der Waals surface area contributed by atoms with Crippen LogP contribution in [-0.2, 0) is 0 Å². The molecule has 76 valence electrons. The smallest absolute Gasteiger partial charge is 0.125 e. The Morgan fingerprint density at radius 2 is 2.29 bits per heavy atom. The Hall–Kier alpha value is -1.02. The molecule has 0 bridgehead atoms. The van der Waals surface area contributed by atoms with Crippen molar-refractivity contribution >= 4 is 0 Å². The molecule has 1 aliphatic rings. The lowest BCUT2D eigenvalue weighted by atomic mass is 10.0. The van der Waals surface area contributed by atoms with Crippen LogP contribution in [0, 0.1) is 12.8 Å². The molecule has 0 spiro atoms. The summed E-state index contributed by atoms with van der Waals surface area (Å²) in [5, 5.41) is 0. The first-order chi connectivity index (χ1) is 6.77. The quantitative estimate of drug-likeness (QED) is 0.793. The fourth-order valence-electron chi connectivity index (χ4n) is 2.13. The van der Waals surface area contributed by atoms with Crippen molar-refractivity contribution in [3.63, 3.8) is 0 Å². The Labute approximate surface area is 85.1 Å². The second-order valence-electron chi connectivity index (χ2n) is 4.04. The molecule has 2 atom stereocenters. The zero-order valence-corrected chi connectivity index (χ0v) is 8.79. The van der Waals surface area contributed by atoms with Crippen LogP contribution in [0.1, 0.15) is 23.5 Å². The normalized spacial score (nSPS) is 24.8. The molecule has 0 aromatic heterocycles. The third-order valence-corrected chi connectivity index (χ3v) is 3.07. The van der Waals surface area contributed by atoms with Crippen molar-refractivity contribution in [2.45, 2.75) is 19.3 Å². The Morgan fingerprint density at radius 1 is 1.50 bits per heavy atom. The van der Waals surface area contributed by atoms with E-state index in [-0.39, 0.29) is 0 Å². The van der Waals surface area contributed by atoms with Crippen LogP contribution >= 0.6 is 0 Å². The number of methoxy groups -OCH3 is 1. The minimum absolute atomic E-state index is 0.634. The minimum atomic E-state index is 0.634. The van der Waals surface area contributed by atoms with Crippen molar-refractivity contribution in [3.8, 4) is 5.75 Å². The molecule has 14 heavy (non-hydrogen) atoms. The predicted octanol–water partition coefficient (Wildman–Crippen LogP) is 2.07. The average Bonchev–Trinajstić information content (AvgIpc) is 2.96. The molecule has 1 aromatic rings. The van der Waals surface area contributed by atoms with E-state index in [1.54, 1.807) is 7.11 Å². The fourth-order valence-corrected chi connectivity index (χ4v) is 2.13. The lowest BCUT2D eigenvalue weighted by Gasteiger charge is -2.10. The second-order valence-corrected chi connectivity index (χ2v) is 4.04. The molecule has 0 amide bonds. The third kappa shape index (κ3) is 1.50. The molecule has 2 N–H and O–H groups in total. The first-order valence-electron chi connectivity index (χ1n) is 5.11. The highest BCUT2D eigenvalue weighted by Crippen LogP contribution is 2.50. The molecule has 2 heteroatoms. The van der Waals surface area contributed by atoms with E-state index in [9.17, 15) is 0 Å². The largest absolute Gasteiger partial charge is 0.496 e. The summed E-state index contributed by atoms with van der Waals surface area (Å²) in [5.74, 6) is 2.36. The lowest BCUT2D eigenvalue weighted by molar-refractivity contribution is 0.406. The summed E-state index contributed by atoms with van der Waals surface area (Å²) in [5.41, 5.74) is 8.20. The van der Waals surface area contributed by atoms with Crippen LogP contribution in [0.3, 0.4) is 0 Å². The van der Waals surface area contributed by atoms with Crippen molar-refractivity contribution in [2.75, 3.05) is 13.7 Å². The monoisotopic (exact) mass is 191 g/mol. The van der Waals surface area contributed by atoms with Crippen LogP contribution in [0.15, 0.2) is 18.2 Å². The molecule has 1 aromatic carbocycles. The number of ether oxygens (including phenoxy) is 1. The van der Waals surface area contributed by atoms with Crippen LogP contribution < -0.4 is 10.5 Å². The molecule has 0 aliphatic heterocycles. The van der Waals surface area contributed by atoms with Gasteiger partial charge in [0.2, 0.25) is 0 Å². The summed E-state index contributed by atoms with van der Waals surface area (Å²) in [6.07, 6.45) is 1.22. The van der Waals surface area contributed by atoms with Crippen LogP contribution in [0.4, 0.5) is 0 Å². The van der Waals surface area contributed by atoms with Gasteiger partial charge in [-0.05, 0) is 42.9 Å². The van der Waals surface area contributed by atoms with E-state index in [0.717, 1.165) is 12.3 Å². The molecule has 0 saturated heterocycles. The Morgan fingerprint density at radius 3 is 2.86 bits per heavy atom. The summed E-state index contributed by atoms with van der Waals surface area (Å²) < 4.78 is 5.43. The molecule has 2 nitrogen and oxygen atoms in total. The van der Waals surface area contributed by atoms with Gasteiger partial charge >= 0.3 is 0 Å². The van der Waals surface area contributed by atoms with Crippen molar-refractivity contribution in [2.24, 2.45) is 11.7 Å². The molecule has 1 aliphatic carbocycles. The summed E-state index contributed by atoms with van der Waals surface area (Å²) in [4.78, 5) is 0. The zero-order valence-electron chi connectivity index (χ0n) is 8.79. The number of rotatable bonds is 3. The van der Waals surface area contributed by atoms with Crippen molar-refractivity contribution in [3.05, 3.63) is 29.3 Å². The summed E-state index contributed by atoms with van der Waals surface area (Å²) >= 11 is 0. The van der Waals surface area contributed by atoms with Crippen LogP contribution in [-0.4, -0.2) is 13.7 Å². The number of hydrogen-bond donors (Lipinski definition) is 1. The average molecular weight is 191 g/mol. The van der Waals surface area contributed by atoms with Crippen LogP contribution in [0.25, 0.3) is 0 Å². The molecule has 2 rings (SSSR count). The number of benzene rings is 1. The Balaban J connectivity index is 2.29. The second kappa shape index (κ2) is 3.62. The molecular formula is C12H17NO.